The van der Waals surface area contributed by atoms with E-state index < -0.39 is 18.1 Å². The van der Waals surface area contributed by atoms with Gasteiger partial charge in [-0.15, -0.1) is 11.3 Å². The molecule has 1 aliphatic rings. The van der Waals surface area contributed by atoms with Gasteiger partial charge >= 0.3 is 12.1 Å². The molecule has 0 aliphatic heterocycles. The number of alkyl carbamates (subject to hydrolysis) is 1. The van der Waals surface area contributed by atoms with Crippen molar-refractivity contribution in [2.75, 3.05) is 6.61 Å². The molecule has 1 aromatic heterocycles. The molecule has 1 aliphatic carbocycles. The molecule has 1 atom stereocenters. The number of thiophene rings is 1. The quantitative estimate of drug-likeness (QED) is 0.557. The van der Waals surface area contributed by atoms with Crippen molar-refractivity contribution in [3.63, 3.8) is 0 Å². The number of amides is 1. The van der Waals surface area contributed by atoms with Crippen LogP contribution in [0.4, 0.5) is 4.79 Å². The summed E-state index contributed by atoms with van der Waals surface area (Å²) in [5.41, 5.74) is 5.57. The summed E-state index contributed by atoms with van der Waals surface area (Å²) in [5.74, 6) is -1.00. The summed E-state index contributed by atoms with van der Waals surface area (Å²) < 4.78 is 5.58. The monoisotopic (exact) mass is 421 g/mol. The summed E-state index contributed by atoms with van der Waals surface area (Å²) in [5, 5.41) is 12.0. The maximum Gasteiger partial charge on any atom is 0.407 e. The van der Waals surface area contributed by atoms with Gasteiger partial charge < -0.3 is 15.2 Å². The zero-order valence-electron chi connectivity index (χ0n) is 16.8. The van der Waals surface area contributed by atoms with Gasteiger partial charge in [-0.1, -0.05) is 48.5 Å². The third-order valence-corrected chi connectivity index (χ3v) is 6.68. The van der Waals surface area contributed by atoms with Gasteiger partial charge in [0.25, 0.3) is 0 Å². The Balaban J connectivity index is 1.49. The number of carbonyl (C=O) groups is 2. The van der Waals surface area contributed by atoms with Crippen molar-refractivity contribution in [3.8, 4) is 11.1 Å². The van der Waals surface area contributed by atoms with Gasteiger partial charge in [0.15, 0.2) is 0 Å². The van der Waals surface area contributed by atoms with Crippen LogP contribution in [-0.2, 0) is 9.53 Å². The molecule has 1 unspecified atom stereocenters. The van der Waals surface area contributed by atoms with E-state index >= 15 is 0 Å². The van der Waals surface area contributed by atoms with Crippen LogP contribution in [-0.4, -0.2) is 23.8 Å². The van der Waals surface area contributed by atoms with Crippen molar-refractivity contribution in [1.82, 2.24) is 5.32 Å². The summed E-state index contributed by atoms with van der Waals surface area (Å²) in [7, 11) is 0. The number of carboxylic acids is 1. The predicted molar refractivity (Wildman–Crippen MR) is 117 cm³/mol. The first-order valence-electron chi connectivity index (χ1n) is 9.84. The molecule has 6 heteroatoms. The van der Waals surface area contributed by atoms with E-state index in [1.807, 2.05) is 44.2 Å². The second-order valence-corrected chi connectivity index (χ2v) is 8.81. The predicted octanol–water partition coefficient (Wildman–Crippen LogP) is 5.42. The summed E-state index contributed by atoms with van der Waals surface area (Å²) in [6.45, 7) is 4.08. The van der Waals surface area contributed by atoms with Crippen LogP contribution in [0, 0.1) is 13.8 Å². The van der Waals surface area contributed by atoms with E-state index in [-0.39, 0.29) is 18.9 Å². The Morgan fingerprint density at radius 2 is 1.67 bits per heavy atom. The Labute approximate surface area is 179 Å². The third-order valence-electron chi connectivity index (χ3n) is 5.41. The maximum atomic E-state index is 12.6. The lowest BCUT2D eigenvalue weighted by molar-refractivity contribution is -0.137. The fourth-order valence-electron chi connectivity index (χ4n) is 4.17. The lowest BCUT2D eigenvalue weighted by Gasteiger charge is -2.19. The topological polar surface area (TPSA) is 75.6 Å². The van der Waals surface area contributed by atoms with E-state index in [2.05, 4.69) is 29.6 Å². The van der Waals surface area contributed by atoms with Crippen molar-refractivity contribution in [3.05, 3.63) is 81.0 Å². The normalized spacial score (nSPS) is 13.4. The van der Waals surface area contributed by atoms with Crippen LogP contribution in [0.15, 0.2) is 54.6 Å². The highest BCUT2D eigenvalue weighted by atomic mass is 32.1. The minimum Gasteiger partial charge on any atom is -0.481 e. The summed E-state index contributed by atoms with van der Waals surface area (Å²) in [6, 6.07) is 17.7. The summed E-state index contributed by atoms with van der Waals surface area (Å²) in [6.07, 6.45) is -0.793. The first kappa shape index (κ1) is 20.2. The fourth-order valence-corrected chi connectivity index (χ4v) is 5.26. The van der Waals surface area contributed by atoms with E-state index in [1.165, 1.54) is 11.3 Å². The van der Waals surface area contributed by atoms with Gasteiger partial charge in [-0.05, 0) is 47.7 Å². The zero-order valence-corrected chi connectivity index (χ0v) is 17.7. The lowest BCUT2D eigenvalue weighted by Crippen LogP contribution is -2.31. The number of nitrogens with one attached hydrogen (secondary N) is 1. The minimum atomic E-state index is -0.968. The average Bonchev–Trinajstić information content (AvgIpc) is 3.22. The molecule has 5 nitrogen and oxygen atoms in total. The Kier molecular flexibility index (Phi) is 5.59. The molecule has 1 amide bonds. The van der Waals surface area contributed by atoms with E-state index in [1.54, 1.807) is 0 Å². The van der Waals surface area contributed by atoms with Gasteiger partial charge in [-0.3, -0.25) is 4.79 Å². The molecule has 0 radical (unpaired) electrons. The smallest absolute Gasteiger partial charge is 0.407 e. The number of hydrogen-bond acceptors (Lipinski definition) is 4. The average molecular weight is 422 g/mol. The number of carbonyl (C=O) groups excluding carboxylic acids is 1. The number of hydrogen-bond donors (Lipinski definition) is 2. The molecule has 4 rings (SSSR count). The van der Waals surface area contributed by atoms with E-state index in [9.17, 15) is 14.7 Å². The van der Waals surface area contributed by atoms with Crippen molar-refractivity contribution in [1.29, 1.82) is 0 Å². The SMILES string of the molecule is Cc1cc(C)c(C(CC(=O)O)NC(=O)OCC2c3ccccc3-c3ccccc32)s1. The van der Waals surface area contributed by atoms with Crippen LogP contribution in [0.5, 0.6) is 0 Å². The molecule has 0 saturated heterocycles. The highest BCUT2D eigenvalue weighted by molar-refractivity contribution is 7.12. The van der Waals surface area contributed by atoms with Crippen molar-refractivity contribution in [2.24, 2.45) is 0 Å². The molecule has 0 fully saturated rings. The van der Waals surface area contributed by atoms with Crippen LogP contribution in [0.25, 0.3) is 11.1 Å². The number of benzene rings is 2. The number of fused-ring (bicyclic) bond motifs is 3. The van der Waals surface area contributed by atoms with Gasteiger partial charge in [0.05, 0.1) is 12.5 Å². The Bertz CT molecular complexity index is 1060. The molecule has 0 bridgehead atoms. The molecule has 3 aromatic rings. The first-order chi connectivity index (χ1) is 14.4. The van der Waals surface area contributed by atoms with Gasteiger partial charge in [-0.2, -0.15) is 0 Å². The van der Waals surface area contributed by atoms with Crippen molar-refractivity contribution < 1.29 is 19.4 Å². The molecular formula is C24H23NO4S. The van der Waals surface area contributed by atoms with E-state index in [0.29, 0.717) is 0 Å². The number of rotatable bonds is 6. The first-order valence-corrected chi connectivity index (χ1v) is 10.7. The molecule has 0 spiro atoms. The Morgan fingerprint density at radius 1 is 1.07 bits per heavy atom. The molecule has 1 heterocycles. The molecule has 2 N–H and O–H groups in total. The van der Waals surface area contributed by atoms with Crippen LogP contribution in [0.2, 0.25) is 0 Å². The van der Waals surface area contributed by atoms with Crippen molar-refractivity contribution in [2.45, 2.75) is 32.2 Å². The fraction of sp³-hybridized carbons (Fsp3) is 0.250. The minimum absolute atomic E-state index is 0.0354. The highest BCUT2D eigenvalue weighted by Gasteiger charge is 2.29. The standard InChI is InChI=1S/C24H23NO4S/c1-14-11-15(2)30-23(14)21(12-22(26)27)25-24(28)29-13-20-18-9-5-3-7-16(18)17-8-4-6-10-19(17)20/h3-11,20-21H,12-13H2,1-2H3,(H,25,28)(H,26,27). The van der Waals surface area contributed by atoms with Crippen LogP contribution < -0.4 is 5.32 Å². The highest BCUT2D eigenvalue weighted by Crippen LogP contribution is 2.44. The molecular weight excluding hydrogens is 398 g/mol. The second kappa shape index (κ2) is 8.32. The summed E-state index contributed by atoms with van der Waals surface area (Å²) in [4.78, 5) is 25.8. The van der Waals surface area contributed by atoms with E-state index in [0.717, 1.165) is 37.6 Å². The van der Waals surface area contributed by atoms with Gasteiger partial charge in [0.2, 0.25) is 0 Å². The molecule has 0 saturated carbocycles. The number of carboxylic acid groups (broad SMARTS) is 1. The van der Waals surface area contributed by atoms with Crippen LogP contribution >= 0.6 is 11.3 Å². The Morgan fingerprint density at radius 3 is 2.20 bits per heavy atom. The maximum absolute atomic E-state index is 12.6. The third kappa shape index (κ3) is 3.96. The molecule has 2 aromatic carbocycles. The number of ether oxygens (including phenoxy) is 1. The number of aliphatic carboxylic acids is 1. The number of aryl methyl sites for hydroxylation is 2. The van der Waals surface area contributed by atoms with E-state index in [4.69, 9.17) is 4.74 Å². The van der Waals surface area contributed by atoms with Gasteiger partial charge in [-0.25, -0.2) is 4.79 Å². The molecule has 154 valence electrons. The van der Waals surface area contributed by atoms with Crippen molar-refractivity contribution >= 4 is 23.4 Å². The lowest BCUT2D eigenvalue weighted by atomic mass is 9.98. The Hall–Kier alpha value is -3.12. The largest absolute Gasteiger partial charge is 0.481 e. The van der Waals surface area contributed by atoms with Gasteiger partial charge in [0.1, 0.15) is 6.61 Å². The van der Waals surface area contributed by atoms with Gasteiger partial charge in [0, 0.05) is 15.7 Å². The van der Waals surface area contributed by atoms with Crippen LogP contribution in [0.3, 0.4) is 0 Å². The second-order valence-electron chi connectivity index (χ2n) is 7.52. The summed E-state index contributed by atoms with van der Waals surface area (Å²) >= 11 is 1.50. The molecule has 30 heavy (non-hydrogen) atoms. The van der Waals surface area contributed by atoms with Crippen LogP contribution in [0.1, 0.15) is 44.8 Å². The zero-order chi connectivity index (χ0) is 21.3.